The van der Waals surface area contributed by atoms with E-state index in [1.807, 2.05) is 18.2 Å². The fourth-order valence-electron chi connectivity index (χ4n) is 10.5. The number of fused-ring (bicyclic) bond motifs is 9. The monoisotopic (exact) mass is 858 g/mol. The van der Waals surface area contributed by atoms with Crippen LogP contribution in [0.5, 0.6) is 5.75 Å². The van der Waals surface area contributed by atoms with Crippen molar-refractivity contribution in [2.24, 2.45) is 0 Å². The molecule has 0 spiro atoms. The first-order valence-electron chi connectivity index (χ1n) is 22.9. The number of hydrogen-bond acceptors (Lipinski definition) is 5. The van der Waals surface area contributed by atoms with Crippen LogP contribution in [-0.2, 0) is 10.8 Å². The van der Waals surface area contributed by atoms with E-state index in [2.05, 4.69) is 210 Å². The SMILES string of the molecule is Cc1ccccc1N(c1ccc2c(c1)oc1cc3c4c(cccc4c12)-c1ccccc1N3c1cccc(-c2cccc(C(C)(C)C)c2O)c1)c1cccc2c1oc1c(C(C)(C)C)cccc12. The molecule has 11 aromatic rings. The summed E-state index contributed by atoms with van der Waals surface area (Å²) in [6.45, 7) is 15.3. The lowest BCUT2D eigenvalue weighted by molar-refractivity contribution is 0.448. The van der Waals surface area contributed by atoms with Gasteiger partial charge in [0.15, 0.2) is 5.58 Å². The Morgan fingerprint density at radius 1 is 0.470 bits per heavy atom. The van der Waals surface area contributed by atoms with Gasteiger partial charge in [0.1, 0.15) is 22.5 Å². The Morgan fingerprint density at radius 3 is 1.94 bits per heavy atom. The van der Waals surface area contributed by atoms with Crippen LogP contribution in [0.3, 0.4) is 0 Å². The number of aryl methyl sites for hydroxylation is 1. The second kappa shape index (κ2) is 14.4. The van der Waals surface area contributed by atoms with Gasteiger partial charge in [-0.1, -0.05) is 157 Å². The molecule has 1 aliphatic heterocycles. The maximum absolute atomic E-state index is 11.7. The van der Waals surface area contributed by atoms with Crippen molar-refractivity contribution in [1.82, 2.24) is 0 Å². The van der Waals surface area contributed by atoms with Gasteiger partial charge in [0.25, 0.3) is 0 Å². The minimum Gasteiger partial charge on any atom is -0.507 e. The molecular weight excluding hydrogens is 809 g/mol. The molecule has 66 heavy (non-hydrogen) atoms. The number of phenols is 1. The van der Waals surface area contributed by atoms with Gasteiger partial charge in [0.2, 0.25) is 0 Å². The van der Waals surface area contributed by atoms with Crippen LogP contribution in [0.4, 0.5) is 34.1 Å². The number of phenolic OH excluding ortho intramolecular Hbond substituents is 1. The van der Waals surface area contributed by atoms with E-state index in [9.17, 15) is 5.11 Å². The lowest BCUT2D eigenvalue weighted by Gasteiger charge is -2.33. The minimum absolute atomic E-state index is 0.0909. The van der Waals surface area contributed by atoms with Crippen molar-refractivity contribution in [2.75, 3.05) is 9.80 Å². The molecule has 2 aromatic heterocycles. The first kappa shape index (κ1) is 39.8. The van der Waals surface area contributed by atoms with Crippen molar-refractivity contribution in [3.63, 3.8) is 0 Å². The largest absolute Gasteiger partial charge is 0.507 e. The quantitative estimate of drug-likeness (QED) is 0.187. The second-order valence-corrected chi connectivity index (χ2v) is 19.9. The van der Waals surface area contributed by atoms with Crippen LogP contribution in [0, 0.1) is 6.92 Å². The predicted molar refractivity (Wildman–Crippen MR) is 276 cm³/mol. The van der Waals surface area contributed by atoms with Gasteiger partial charge in [0, 0.05) is 67.1 Å². The van der Waals surface area contributed by atoms with Gasteiger partial charge < -0.3 is 23.7 Å². The van der Waals surface area contributed by atoms with Gasteiger partial charge in [-0.25, -0.2) is 0 Å². The van der Waals surface area contributed by atoms with Crippen LogP contribution < -0.4 is 9.80 Å². The molecule has 0 aliphatic carbocycles. The summed E-state index contributed by atoms with van der Waals surface area (Å²) in [6.07, 6.45) is 0. The van der Waals surface area contributed by atoms with Gasteiger partial charge in [-0.2, -0.15) is 0 Å². The molecule has 0 atom stereocenters. The number of anilines is 6. The van der Waals surface area contributed by atoms with E-state index in [0.29, 0.717) is 5.75 Å². The summed E-state index contributed by atoms with van der Waals surface area (Å²) < 4.78 is 14.0. The van der Waals surface area contributed by atoms with Gasteiger partial charge in [-0.15, -0.1) is 0 Å². The highest BCUT2D eigenvalue weighted by Crippen LogP contribution is 2.55. The van der Waals surface area contributed by atoms with Crippen molar-refractivity contribution >= 4 is 88.8 Å². The van der Waals surface area contributed by atoms with Gasteiger partial charge in [-0.3, -0.25) is 0 Å². The van der Waals surface area contributed by atoms with Crippen LogP contribution in [0.25, 0.3) is 76.9 Å². The van der Waals surface area contributed by atoms with Gasteiger partial charge >= 0.3 is 0 Å². The molecule has 3 heterocycles. The summed E-state index contributed by atoms with van der Waals surface area (Å²) in [5.41, 5.74) is 16.6. The third-order valence-electron chi connectivity index (χ3n) is 13.7. The Hall–Kier alpha value is -7.76. The number of rotatable bonds is 5. The molecule has 0 saturated heterocycles. The maximum atomic E-state index is 11.7. The Morgan fingerprint density at radius 2 is 1.12 bits per heavy atom. The molecule has 1 aliphatic rings. The Balaban J connectivity index is 1.06. The normalized spacial score (nSPS) is 12.8. The lowest BCUT2D eigenvalue weighted by atomic mass is 9.84. The van der Waals surface area contributed by atoms with E-state index in [0.717, 1.165) is 111 Å². The van der Waals surface area contributed by atoms with E-state index in [4.69, 9.17) is 8.83 Å². The molecule has 5 heteroatoms. The molecule has 0 amide bonds. The van der Waals surface area contributed by atoms with Crippen molar-refractivity contribution in [3.8, 4) is 28.0 Å². The molecule has 12 rings (SSSR count). The summed E-state index contributed by atoms with van der Waals surface area (Å²) in [4.78, 5) is 4.68. The number of hydrogen-bond donors (Lipinski definition) is 1. The Bertz CT molecular complexity index is 3780. The number of para-hydroxylation sites is 5. The van der Waals surface area contributed by atoms with E-state index in [-0.39, 0.29) is 10.8 Å². The highest BCUT2D eigenvalue weighted by Gasteiger charge is 2.30. The number of benzene rings is 9. The van der Waals surface area contributed by atoms with E-state index in [1.165, 1.54) is 16.5 Å². The van der Waals surface area contributed by atoms with E-state index < -0.39 is 0 Å². The summed E-state index contributed by atoms with van der Waals surface area (Å²) in [6, 6.07) is 60.3. The van der Waals surface area contributed by atoms with Crippen LogP contribution in [-0.4, -0.2) is 5.11 Å². The van der Waals surface area contributed by atoms with Crippen LogP contribution in [0.2, 0.25) is 0 Å². The van der Waals surface area contributed by atoms with Crippen LogP contribution >= 0.6 is 0 Å². The summed E-state index contributed by atoms with van der Waals surface area (Å²) in [5.74, 6) is 0.321. The predicted octanol–water partition coefficient (Wildman–Crippen LogP) is 17.8. The molecule has 1 N–H and O–H groups in total. The van der Waals surface area contributed by atoms with Crippen molar-refractivity contribution in [3.05, 3.63) is 187 Å². The van der Waals surface area contributed by atoms with Crippen molar-refractivity contribution < 1.29 is 13.9 Å². The first-order valence-corrected chi connectivity index (χ1v) is 22.9. The number of aromatic hydroxyl groups is 1. The molecule has 9 aromatic carbocycles. The molecule has 0 saturated carbocycles. The zero-order valence-electron chi connectivity index (χ0n) is 38.3. The van der Waals surface area contributed by atoms with E-state index >= 15 is 0 Å². The molecular formula is C61H50N2O3. The highest BCUT2D eigenvalue weighted by atomic mass is 16.3. The zero-order chi connectivity index (χ0) is 45.2. The van der Waals surface area contributed by atoms with Crippen molar-refractivity contribution in [1.29, 1.82) is 0 Å². The maximum Gasteiger partial charge on any atom is 0.159 e. The average Bonchev–Trinajstić information content (AvgIpc) is 3.88. The Kier molecular flexibility index (Phi) is 8.67. The molecule has 0 bridgehead atoms. The van der Waals surface area contributed by atoms with Gasteiger partial charge in [0.05, 0.1) is 22.7 Å². The first-order chi connectivity index (χ1) is 31.8. The third kappa shape index (κ3) is 5.99. The fourth-order valence-corrected chi connectivity index (χ4v) is 10.5. The molecule has 0 fully saturated rings. The van der Waals surface area contributed by atoms with E-state index in [1.54, 1.807) is 0 Å². The smallest absolute Gasteiger partial charge is 0.159 e. The number of nitrogens with zero attached hydrogens (tertiary/aromatic N) is 2. The van der Waals surface area contributed by atoms with Crippen LogP contribution in [0.1, 0.15) is 58.2 Å². The highest BCUT2D eigenvalue weighted by molar-refractivity contribution is 6.27. The van der Waals surface area contributed by atoms with Crippen molar-refractivity contribution in [2.45, 2.75) is 59.3 Å². The third-order valence-corrected chi connectivity index (χ3v) is 13.7. The molecule has 0 radical (unpaired) electrons. The summed E-state index contributed by atoms with van der Waals surface area (Å²) in [5, 5.41) is 18.3. The topological polar surface area (TPSA) is 53.0 Å². The molecule has 0 unspecified atom stereocenters. The lowest BCUT2D eigenvalue weighted by Crippen LogP contribution is -2.15. The number of furan rings is 2. The average molecular weight is 859 g/mol. The Labute approximate surface area is 384 Å². The van der Waals surface area contributed by atoms with Crippen LogP contribution in [0.15, 0.2) is 179 Å². The standard InChI is InChI=1S/C61H50N2O3/c1-36-17-8-10-28-49(36)62(51-30-16-24-44-43-23-15-27-48(61(5,6)7)58(43)66-59(44)51)39-31-32-45-53(34-39)65-54-35-52-55-42(22-13-25-46(55)56(45)54)41-20-9-11-29-50(41)63(52)38-19-12-18-37(33-38)40-21-14-26-47(57(40)64)60(2,3)4/h8-35,64H,1-7H3. The van der Waals surface area contributed by atoms with Gasteiger partial charge in [-0.05, 0) is 87.9 Å². The second-order valence-electron chi connectivity index (χ2n) is 19.9. The molecule has 322 valence electrons. The fraction of sp³-hybridized carbons (Fsp3) is 0.148. The minimum atomic E-state index is -0.209. The summed E-state index contributed by atoms with van der Waals surface area (Å²) in [7, 11) is 0. The zero-order valence-corrected chi connectivity index (χ0v) is 38.3. The molecule has 5 nitrogen and oxygen atoms in total. The summed E-state index contributed by atoms with van der Waals surface area (Å²) >= 11 is 0.